The molecule has 9 nitrogen and oxygen atoms in total. The van der Waals surface area contributed by atoms with Gasteiger partial charge in [-0.3, -0.25) is 14.1 Å². The molecule has 55 heavy (non-hydrogen) atoms. The van der Waals surface area contributed by atoms with Gasteiger partial charge in [0.05, 0.1) is 6.61 Å². The maximum atomic E-state index is 12.4. The zero-order valence-electron chi connectivity index (χ0n) is 33.7. The average Bonchev–Trinajstić information content (AvgIpc) is 3.16. The molecule has 0 saturated carbocycles. The molecule has 10 heteroatoms. The van der Waals surface area contributed by atoms with Gasteiger partial charge in [-0.05, 0) is 103 Å². The van der Waals surface area contributed by atoms with Gasteiger partial charge in [-0.25, -0.2) is 4.57 Å². The first-order chi connectivity index (χ1) is 26.8. The summed E-state index contributed by atoms with van der Waals surface area (Å²) in [7, 11) is -4.79. The van der Waals surface area contributed by atoms with E-state index in [9.17, 15) is 14.2 Å². The lowest BCUT2D eigenvalue weighted by Crippen LogP contribution is -2.29. The van der Waals surface area contributed by atoms with Gasteiger partial charge < -0.3 is 24.4 Å². The predicted molar refractivity (Wildman–Crippen MR) is 226 cm³/mol. The highest BCUT2D eigenvalue weighted by molar-refractivity contribution is 7.46. The van der Waals surface area contributed by atoms with E-state index in [-0.39, 0.29) is 26.1 Å². The van der Waals surface area contributed by atoms with E-state index in [0.29, 0.717) is 19.3 Å². The smallest absolute Gasteiger partial charge is 0.462 e. The summed E-state index contributed by atoms with van der Waals surface area (Å²) in [4.78, 5) is 42.8. The maximum Gasteiger partial charge on any atom is 0.469 e. The highest BCUT2D eigenvalue weighted by atomic mass is 31.2. The fourth-order valence-electron chi connectivity index (χ4n) is 5.03. The van der Waals surface area contributed by atoms with E-state index in [0.717, 1.165) is 83.5 Å². The van der Waals surface area contributed by atoms with Crippen molar-refractivity contribution in [2.45, 2.75) is 154 Å². The number of carbonyl (C=O) groups is 2. The van der Waals surface area contributed by atoms with Crippen LogP contribution in [0.4, 0.5) is 0 Å². The molecule has 312 valence electrons. The Hall–Kier alpha value is -3.07. The minimum absolute atomic E-state index is 0.151. The Morgan fingerprint density at radius 3 is 1.35 bits per heavy atom. The number of rotatable bonds is 37. The zero-order valence-corrected chi connectivity index (χ0v) is 34.6. The molecule has 0 saturated heterocycles. The molecule has 0 bridgehead atoms. The fourth-order valence-corrected chi connectivity index (χ4v) is 5.39. The predicted octanol–water partition coefficient (Wildman–Crippen LogP) is 11.6. The molecule has 0 aromatic carbocycles. The second kappa shape index (κ2) is 40.6. The number of hydrogen-bond acceptors (Lipinski definition) is 7. The van der Waals surface area contributed by atoms with E-state index in [1.807, 2.05) is 12.2 Å². The molecule has 0 rings (SSSR count). The Morgan fingerprint density at radius 2 is 0.909 bits per heavy atom. The molecule has 0 aromatic heterocycles. The number of esters is 2. The third-order valence-electron chi connectivity index (χ3n) is 8.13. The summed E-state index contributed by atoms with van der Waals surface area (Å²) in [5.74, 6) is -1.01. The molecule has 0 radical (unpaired) electrons. The summed E-state index contributed by atoms with van der Waals surface area (Å²) in [6.07, 6.45) is 52.8. The summed E-state index contributed by atoms with van der Waals surface area (Å²) in [6.45, 7) is 1.58. The quantitative estimate of drug-likeness (QED) is 0.0243. The van der Waals surface area contributed by atoms with Gasteiger partial charge in [0.1, 0.15) is 6.61 Å². The van der Waals surface area contributed by atoms with Crippen molar-refractivity contribution in [1.82, 2.24) is 0 Å². The van der Waals surface area contributed by atoms with Gasteiger partial charge in [0.2, 0.25) is 0 Å². The van der Waals surface area contributed by atoms with Crippen LogP contribution in [0.2, 0.25) is 0 Å². The third kappa shape index (κ3) is 43.5. The number of allylic oxidation sites excluding steroid dienone is 16. The Balaban J connectivity index is 4.12. The Morgan fingerprint density at radius 1 is 0.509 bits per heavy atom. The number of aliphatic hydroxyl groups excluding tert-OH is 1. The molecule has 0 aliphatic heterocycles. The molecule has 0 unspecified atom stereocenters. The first kappa shape index (κ1) is 51.9. The molecule has 0 aliphatic carbocycles. The second-order valence-corrected chi connectivity index (χ2v) is 14.6. The largest absolute Gasteiger partial charge is 0.469 e. The normalized spacial score (nSPS) is 13.5. The number of carbonyl (C=O) groups excluding carboxylic acids is 2. The minimum atomic E-state index is -4.79. The van der Waals surface area contributed by atoms with Crippen LogP contribution in [0.25, 0.3) is 0 Å². The molecule has 1 atom stereocenters. The standard InChI is InChI=1S/C45H73O9P/c1-2-3-4-5-6-7-8-9-10-11-12-14-18-21-24-27-30-33-36-39-45(48)54-43(42-53-55(49,50)51)41-52-44(47)38-35-32-29-26-23-20-17-15-13-16-19-22-25-28-31-34-37-40-46/h6-7,9-10,12-14,16-17,20-22,24-26,29,43,46H,2-5,8,11,15,18-19,23,27-28,30-42H2,1H3,(H2,49,50,51)/b7-6-,10-9-,14-12-,16-13-,20-17-,24-21-,25-22-,29-26-/t43-/m1/s1. The number of phosphoric ester groups is 1. The summed E-state index contributed by atoms with van der Waals surface area (Å²) in [5.41, 5.74) is 0. The van der Waals surface area contributed by atoms with E-state index >= 15 is 0 Å². The lowest BCUT2D eigenvalue weighted by atomic mass is 10.1. The van der Waals surface area contributed by atoms with Crippen molar-refractivity contribution in [2.24, 2.45) is 0 Å². The van der Waals surface area contributed by atoms with E-state index < -0.39 is 32.5 Å². The monoisotopic (exact) mass is 788 g/mol. The number of unbranched alkanes of at least 4 members (excludes halogenated alkanes) is 10. The lowest BCUT2D eigenvalue weighted by molar-refractivity contribution is -0.161. The Bertz CT molecular complexity index is 1210. The minimum Gasteiger partial charge on any atom is -0.462 e. The van der Waals surface area contributed by atoms with E-state index in [2.05, 4.69) is 96.5 Å². The molecule has 0 heterocycles. The molecular weight excluding hydrogens is 715 g/mol. The van der Waals surface area contributed by atoms with Crippen LogP contribution >= 0.6 is 7.82 Å². The first-order valence-corrected chi connectivity index (χ1v) is 22.2. The van der Waals surface area contributed by atoms with Crippen molar-refractivity contribution in [2.75, 3.05) is 19.8 Å². The molecule has 0 amide bonds. The Labute approximate surface area is 333 Å². The zero-order chi connectivity index (χ0) is 40.3. The second-order valence-electron chi connectivity index (χ2n) is 13.3. The van der Waals surface area contributed by atoms with Crippen molar-refractivity contribution in [3.05, 3.63) is 97.2 Å². The van der Waals surface area contributed by atoms with Crippen LogP contribution in [0.3, 0.4) is 0 Å². The molecule has 3 N–H and O–H groups in total. The SMILES string of the molecule is CCCCC/C=C\C/C=C\C/C=C\C/C=C\CCCCCC(=O)O[C@H](COC(=O)CCC/C=C\C/C=C\C/C=C\C/C=C\CCCCCO)COP(=O)(O)O. The van der Waals surface area contributed by atoms with Crippen LogP contribution in [0.15, 0.2) is 97.2 Å². The molecule has 0 aromatic rings. The number of hydrogen-bond donors (Lipinski definition) is 3. The van der Waals surface area contributed by atoms with E-state index in [1.165, 1.54) is 25.7 Å². The highest BCUT2D eigenvalue weighted by Gasteiger charge is 2.22. The van der Waals surface area contributed by atoms with Gasteiger partial charge >= 0.3 is 19.8 Å². The fraction of sp³-hybridized carbons (Fsp3) is 0.600. The van der Waals surface area contributed by atoms with Crippen LogP contribution in [-0.4, -0.2) is 52.8 Å². The summed E-state index contributed by atoms with van der Waals surface area (Å²) < 4.78 is 26.3. The lowest BCUT2D eigenvalue weighted by Gasteiger charge is -2.18. The van der Waals surface area contributed by atoms with Crippen molar-refractivity contribution in [3.63, 3.8) is 0 Å². The van der Waals surface area contributed by atoms with Crippen molar-refractivity contribution in [3.8, 4) is 0 Å². The van der Waals surface area contributed by atoms with Crippen molar-refractivity contribution in [1.29, 1.82) is 0 Å². The van der Waals surface area contributed by atoms with Crippen LogP contribution in [0, 0.1) is 0 Å². The van der Waals surface area contributed by atoms with Gasteiger partial charge in [0.25, 0.3) is 0 Å². The van der Waals surface area contributed by atoms with Crippen molar-refractivity contribution < 1.29 is 43.0 Å². The van der Waals surface area contributed by atoms with Crippen molar-refractivity contribution >= 4 is 19.8 Å². The number of phosphoric acid groups is 1. The van der Waals surface area contributed by atoms with Crippen LogP contribution in [-0.2, 0) is 28.2 Å². The first-order valence-electron chi connectivity index (χ1n) is 20.6. The van der Waals surface area contributed by atoms with Gasteiger partial charge in [-0.1, -0.05) is 130 Å². The van der Waals surface area contributed by atoms with E-state index in [1.54, 1.807) is 0 Å². The maximum absolute atomic E-state index is 12.4. The summed E-state index contributed by atoms with van der Waals surface area (Å²) >= 11 is 0. The van der Waals surface area contributed by atoms with Gasteiger partial charge in [-0.2, -0.15) is 0 Å². The Kier molecular flexibility index (Phi) is 38.3. The number of aliphatic hydroxyl groups is 1. The van der Waals surface area contributed by atoms with E-state index in [4.69, 9.17) is 24.4 Å². The molecular formula is C45H73O9P. The van der Waals surface area contributed by atoms with Crippen LogP contribution in [0.1, 0.15) is 148 Å². The average molecular weight is 789 g/mol. The molecule has 0 aliphatic rings. The van der Waals surface area contributed by atoms with Crippen LogP contribution in [0.5, 0.6) is 0 Å². The molecule has 0 fully saturated rings. The third-order valence-corrected chi connectivity index (χ3v) is 8.62. The summed E-state index contributed by atoms with van der Waals surface area (Å²) in [5, 5.41) is 8.77. The van der Waals surface area contributed by atoms with Gasteiger partial charge in [0, 0.05) is 19.4 Å². The highest BCUT2D eigenvalue weighted by Crippen LogP contribution is 2.36. The number of ether oxygens (including phenoxy) is 2. The molecule has 0 spiro atoms. The van der Waals surface area contributed by atoms with Crippen LogP contribution < -0.4 is 0 Å². The van der Waals surface area contributed by atoms with Gasteiger partial charge in [0.15, 0.2) is 6.10 Å². The summed E-state index contributed by atoms with van der Waals surface area (Å²) in [6, 6.07) is 0. The topological polar surface area (TPSA) is 140 Å². The van der Waals surface area contributed by atoms with Gasteiger partial charge in [-0.15, -0.1) is 0 Å².